The molecule has 0 amide bonds. The third-order valence-electron chi connectivity index (χ3n) is 2.77. The van der Waals surface area contributed by atoms with Gasteiger partial charge in [-0.05, 0) is 25.0 Å². The average molecular weight is 236 g/mol. The number of unbranched alkanes of at least 4 members (excludes halogenated alkanes) is 2. The van der Waals surface area contributed by atoms with Gasteiger partial charge in [-0.15, -0.1) is 0 Å². The number of nitrogens with one attached hydrogen (secondary N) is 1. The topological polar surface area (TPSA) is 54.2 Å². The van der Waals surface area contributed by atoms with Crippen LogP contribution in [0.25, 0.3) is 0 Å². The van der Waals surface area contributed by atoms with Gasteiger partial charge in [-0.3, -0.25) is 0 Å². The first-order valence-electron chi connectivity index (χ1n) is 6.50. The van der Waals surface area contributed by atoms with Gasteiger partial charge >= 0.3 is 0 Å². The Bertz CT molecular complexity index is 306. The molecule has 1 aromatic heterocycles. The van der Waals surface area contributed by atoms with E-state index < -0.39 is 0 Å². The number of nitrogens with zero attached hydrogens (tertiary/aromatic N) is 2. The van der Waals surface area contributed by atoms with Crippen LogP contribution >= 0.6 is 0 Å². The summed E-state index contributed by atoms with van der Waals surface area (Å²) in [5.74, 6) is 7.13. The molecule has 0 unspecified atom stereocenters. The van der Waals surface area contributed by atoms with Crippen molar-refractivity contribution in [1.82, 2.24) is 4.98 Å². The van der Waals surface area contributed by atoms with Crippen molar-refractivity contribution in [2.75, 3.05) is 23.4 Å². The monoisotopic (exact) mass is 236 g/mol. The molecule has 96 valence electrons. The van der Waals surface area contributed by atoms with Gasteiger partial charge < -0.3 is 10.3 Å². The molecular weight excluding hydrogens is 212 g/mol. The summed E-state index contributed by atoms with van der Waals surface area (Å²) >= 11 is 0. The van der Waals surface area contributed by atoms with Crippen LogP contribution in [-0.2, 0) is 0 Å². The molecule has 0 saturated carbocycles. The fourth-order valence-electron chi connectivity index (χ4n) is 1.72. The number of nitrogen functional groups attached to an aromatic ring is 1. The molecule has 4 heteroatoms. The van der Waals surface area contributed by atoms with E-state index in [1.807, 2.05) is 18.2 Å². The first-order chi connectivity index (χ1) is 8.31. The number of pyridine rings is 1. The van der Waals surface area contributed by atoms with Crippen LogP contribution in [-0.4, -0.2) is 18.1 Å². The van der Waals surface area contributed by atoms with Gasteiger partial charge in [0, 0.05) is 13.1 Å². The summed E-state index contributed by atoms with van der Waals surface area (Å²) < 4.78 is 0. The summed E-state index contributed by atoms with van der Waals surface area (Å²) in [5.41, 5.74) is 2.60. The number of hydrogen-bond donors (Lipinski definition) is 2. The Balaban J connectivity index is 2.71. The van der Waals surface area contributed by atoms with Gasteiger partial charge in [-0.1, -0.05) is 32.8 Å². The van der Waals surface area contributed by atoms with Crippen molar-refractivity contribution in [2.24, 2.45) is 5.84 Å². The smallest absolute Gasteiger partial charge is 0.142 e. The lowest BCUT2D eigenvalue weighted by molar-refractivity contribution is 0.671. The maximum atomic E-state index is 5.39. The van der Waals surface area contributed by atoms with Crippen molar-refractivity contribution in [2.45, 2.75) is 39.5 Å². The first kappa shape index (κ1) is 13.8. The van der Waals surface area contributed by atoms with Crippen LogP contribution < -0.4 is 16.2 Å². The third kappa shape index (κ3) is 4.61. The zero-order chi connectivity index (χ0) is 12.5. The number of hydrazine groups is 1. The molecule has 1 heterocycles. The standard InChI is InChI=1S/C13H24N4/c1-3-5-10-17(11-6-4-2)13-9-7-8-12(15-13)16-14/h7-9H,3-6,10-11,14H2,1-2H3,(H,15,16). The Kier molecular flexibility index (Phi) is 6.40. The molecule has 0 aliphatic carbocycles. The lowest BCUT2D eigenvalue weighted by Gasteiger charge is -2.23. The minimum absolute atomic E-state index is 0.723. The number of aromatic nitrogens is 1. The van der Waals surface area contributed by atoms with Crippen LogP contribution in [0.15, 0.2) is 18.2 Å². The van der Waals surface area contributed by atoms with E-state index >= 15 is 0 Å². The summed E-state index contributed by atoms with van der Waals surface area (Å²) in [4.78, 5) is 6.83. The summed E-state index contributed by atoms with van der Waals surface area (Å²) in [6.07, 6.45) is 4.81. The highest BCUT2D eigenvalue weighted by molar-refractivity contribution is 5.46. The molecule has 0 spiro atoms. The van der Waals surface area contributed by atoms with Crippen LogP contribution in [0, 0.1) is 0 Å². The Morgan fingerprint density at radius 2 is 1.82 bits per heavy atom. The molecule has 0 bridgehead atoms. The molecule has 0 aliphatic heterocycles. The normalized spacial score (nSPS) is 10.3. The van der Waals surface area contributed by atoms with Gasteiger partial charge in [0.2, 0.25) is 0 Å². The second-order valence-corrected chi connectivity index (χ2v) is 4.22. The number of nitrogens with two attached hydrogens (primary N) is 1. The van der Waals surface area contributed by atoms with Crippen LogP contribution in [0.4, 0.5) is 11.6 Å². The fourth-order valence-corrected chi connectivity index (χ4v) is 1.72. The zero-order valence-corrected chi connectivity index (χ0v) is 10.9. The maximum Gasteiger partial charge on any atom is 0.142 e. The quantitative estimate of drug-likeness (QED) is 0.538. The Hall–Kier alpha value is -1.29. The van der Waals surface area contributed by atoms with E-state index in [0.717, 1.165) is 24.7 Å². The minimum atomic E-state index is 0.723. The molecule has 0 radical (unpaired) electrons. The van der Waals surface area contributed by atoms with Gasteiger partial charge in [-0.2, -0.15) is 0 Å². The predicted molar refractivity (Wildman–Crippen MR) is 74.1 cm³/mol. The molecule has 0 saturated heterocycles. The van der Waals surface area contributed by atoms with Gasteiger partial charge in [0.1, 0.15) is 11.6 Å². The molecular formula is C13H24N4. The molecule has 0 aliphatic rings. The molecule has 4 nitrogen and oxygen atoms in total. The van der Waals surface area contributed by atoms with Crippen LogP contribution in [0.5, 0.6) is 0 Å². The van der Waals surface area contributed by atoms with Crippen LogP contribution in [0.3, 0.4) is 0 Å². The molecule has 0 fully saturated rings. The molecule has 1 rings (SSSR count). The third-order valence-corrected chi connectivity index (χ3v) is 2.77. The fraction of sp³-hybridized carbons (Fsp3) is 0.615. The van der Waals surface area contributed by atoms with Crippen molar-refractivity contribution in [3.63, 3.8) is 0 Å². The van der Waals surface area contributed by atoms with E-state index in [9.17, 15) is 0 Å². The number of hydrogen-bond acceptors (Lipinski definition) is 4. The largest absolute Gasteiger partial charge is 0.357 e. The van der Waals surface area contributed by atoms with E-state index in [1.54, 1.807) is 0 Å². The van der Waals surface area contributed by atoms with Crippen molar-refractivity contribution in [1.29, 1.82) is 0 Å². The molecule has 3 N–H and O–H groups in total. The molecule has 17 heavy (non-hydrogen) atoms. The lowest BCUT2D eigenvalue weighted by atomic mass is 10.2. The summed E-state index contributed by atoms with van der Waals surface area (Å²) in [5, 5.41) is 0. The highest BCUT2D eigenvalue weighted by atomic mass is 15.3. The average Bonchev–Trinajstić information content (AvgIpc) is 2.39. The van der Waals surface area contributed by atoms with E-state index in [1.165, 1.54) is 25.7 Å². The lowest BCUT2D eigenvalue weighted by Crippen LogP contribution is -2.26. The first-order valence-corrected chi connectivity index (χ1v) is 6.50. The van der Waals surface area contributed by atoms with E-state index in [4.69, 9.17) is 5.84 Å². The summed E-state index contributed by atoms with van der Waals surface area (Å²) in [7, 11) is 0. The molecule has 1 aromatic rings. The minimum Gasteiger partial charge on any atom is -0.357 e. The van der Waals surface area contributed by atoms with E-state index in [-0.39, 0.29) is 0 Å². The van der Waals surface area contributed by atoms with Crippen molar-refractivity contribution < 1.29 is 0 Å². The van der Waals surface area contributed by atoms with Gasteiger partial charge in [-0.25, -0.2) is 10.8 Å². The molecule has 0 atom stereocenters. The van der Waals surface area contributed by atoms with Gasteiger partial charge in [0.05, 0.1) is 0 Å². The highest BCUT2D eigenvalue weighted by Gasteiger charge is 2.07. The van der Waals surface area contributed by atoms with E-state index in [2.05, 4.69) is 29.2 Å². The Morgan fingerprint density at radius 1 is 1.18 bits per heavy atom. The maximum absolute atomic E-state index is 5.39. The van der Waals surface area contributed by atoms with Gasteiger partial charge in [0.15, 0.2) is 0 Å². The second kappa shape index (κ2) is 7.90. The SMILES string of the molecule is CCCCN(CCCC)c1cccc(NN)n1. The molecule has 0 aromatic carbocycles. The number of rotatable bonds is 8. The van der Waals surface area contributed by atoms with Gasteiger partial charge in [0.25, 0.3) is 0 Å². The van der Waals surface area contributed by atoms with E-state index in [0.29, 0.717) is 0 Å². The predicted octanol–water partition coefficient (Wildman–Crippen LogP) is 2.77. The van der Waals surface area contributed by atoms with Crippen LogP contribution in [0.2, 0.25) is 0 Å². The highest BCUT2D eigenvalue weighted by Crippen LogP contribution is 2.15. The number of anilines is 2. The van der Waals surface area contributed by atoms with Crippen molar-refractivity contribution in [3.8, 4) is 0 Å². The Labute approximate surface area is 104 Å². The Morgan fingerprint density at radius 3 is 2.35 bits per heavy atom. The van der Waals surface area contributed by atoms with Crippen molar-refractivity contribution in [3.05, 3.63) is 18.2 Å². The van der Waals surface area contributed by atoms with Crippen molar-refractivity contribution >= 4 is 11.6 Å². The summed E-state index contributed by atoms with van der Waals surface area (Å²) in [6, 6.07) is 5.91. The summed E-state index contributed by atoms with van der Waals surface area (Å²) in [6.45, 7) is 6.56. The zero-order valence-electron chi connectivity index (χ0n) is 10.9. The van der Waals surface area contributed by atoms with Crippen LogP contribution in [0.1, 0.15) is 39.5 Å². The second-order valence-electron chi connectivity index (χ2n) is 4.22.